The molecule has 1 aromatic carbocycles. The van der Waals surface area contributed by atoms with Gasteiger partial charge < -0.3 is 0 Å². The molecule has 0 nitrogen and oxygen atoms in total. The average Bonchev–Trinajstić information content (AvgIpc) is 2.92. The molecule has 1 aromatic rings. The van der Waals surface area contributed by atoms with Crippen LogP contribution >= 0.6 is 0 Å². The van der Waals surface area contributed by atoms with Crippen molar-refractivity contribution in [2.75, 3.05) is 0 Å². The number of benzene rings is 1. The van der Waals surface area contributed by atoms with Gasteiger partial charge in [0, 0.05) is 26.2 Å². The number of aryl methyl sites for hydroxylation is 2. The summed E-state index contributed by atoms with van der Waals surface area (Å²) in [4.78, 5) is 0. The van der Waals surface area contributed by atoms with Crippen molar-refractivity contribution in [2.45, 2.75) is 25.7 Å². The molecule has 0 aromatic heterocycles. The van der Waals surface area contributed by atoms with Crippen molar-refractivity contribution in [3.8, 4) is 0 Å². The summed E-state index contributed by atoms with van der Waals surface area (Å²) in [5.41, 5.74) is 3.13. The van der Waals surface area contributed by atoms with Gasteiger partial charge in [-0.1, -0.05) is 24.3 Å². The van der Waals surface area contributed by atoms with Gasteiger partial charge in [0.1, 0.15) is 0 Å². The number of hydrogen-bond donors (Lipinski definition) is 0. The molecule has 2 aliphatic rings. The molecule has 2 aliphatic carbocycles. The Kier molecular flexibility index (Phi) is 5.87. The third-order valence-electron chi connectivity index (χ3n) is 2.60. The van der Waals surface area contributed by atoms with E-state index in [-0.39, 0.29) is 26.2 Å². The van der Waals surface area contributed by atoms with E-state index in [0.29, 0.717) is 0 Å². The van der Waals surface area contributed by atoms with Crippen LogP contribution in [-0.4, -0.2) is 0 Å². The maximum absolute atomic E-state index is 2.99. The van der Waals surface area contributed by atoms with E-state index in [4.69, 9.17) is 0 Å². The van der Waals surface area contributed by atoms with Crippen LogP contribution in [0, 0.1) is 6.08 Å². The Balaban J connectivity index is 0.000000162. The van der Waals surface area contributed by atoms with Gasteiger partial charge in [0.2, 0.25) is 0 Å². The summed E-state index contributed by atoms with van der Waals surface area (Å²) in [5, 5.41) is 0. The molecule has 0 radical (unpaired) electrons. The monoisotopic (exact) mass is 273 g/mol. The molecule has 0 spiro atoms. The van der Waals surface area contributed by atoms with Gasteiger partial charge in [0.15, 0.2) is 0 Å². The second-order valence-corrected chi connectivity index (χ2v) is 3.63. The largest absolute Gasteiger partial charge is 0.273 e. The molecule has 0 saturated carbocycles. The second kappa shape index (κ2) is 6.96. The maximum Gasteiger partial charge on any atom is 0 e. The molecule has 76 valence electrons. The molecule has 0 aliphatic heterocycles. The first-order valence-corrected chi connectivity index (χ1v) is 5.25. The Morgan fingerprint density at radius 2 is 1.67 bits per heavy atom. The van der Waals surface area contributed by atoms with Gasteiger partial charge in [-0.2, -0.15) is 6.08 Å². The number of fused-ring (bicyclic) bond motifs is 1. The van der Waals surface area contributed by atoms with Crippen LogP contribution in [0.3, 0.4) is 0 Å². The van der Waals surface area contributed by atoms with E-state index in [1.165, 1.54) is 19.3 Å². The van der Waals surface area contributed by atoms with E-state index >= 15 is 0 Å². The van der Waals surface area contributed by atoms with Crippen LogP contribution in [0.5, 0.6) is 0 Å². The molecule has 0 heterocycles. The van der Waals surface area contributed by atoms with Crippen molar-refractivity contribution >= 4 is 0 Å². The van der Waals surface area contributed by atoms with Crippen LogP contribution in [0.25, 0.3) is 0 Å². The third kappa shape index (κ3) is 3.91. The Bertz CT molecular complexity index is 317. The average molecular weight is 274 g/mol. The van der Waals surface area contributed by atoms with Crippen molar-refractivity contribution < 1.29 is 26.2 Å². The van der Waals surface area contributed by atoms with Crippen LogP contribution in [0.2, 0.25) is 0 Å². The van der Waals surface area contributed by atoms with Crippen molar-refractivity contribution in [1.29, 1.82) is 0 Å². The summed E-state index contributed by atoms with van der Waals surface area (Å²) in [5.74, 6) is 0. The first-order valence-electron chi connectivity index (χ1n) is 5.25. The van der Waals surface area contributed by atoms with E-state index in [1.807, 2.05) is 12.2 Å². The van der Waals surface area contributed by atoms with E-state index in [2.05, 4.69) is 36.4 Å². The van der Waals surface area contributed by atoms with Gasteiger partial charge >= 0.3 is 0 Å². The molecule has 0 amide bonds. The quantitative estimate of drug-likeness (QED) is 0.635. The zero-order valence-corrected chi connectivity index (χ0v) is 11.3. The summed E-state index contributed by atoms with van der Waals surface area (Å²) in [6, 6.07) is 8.74. The molecule has 3 rings (SSSR count). The molecular formula is C14H15Zr-. The minimum atomic E-state index is 0. The SMILES string of the molecule is [C-]1=CC=CC1.[Zr].c1ccc2c(c1)CCC2. The molecular weight excluding hydrogens is 259 g/mol. The summed E-state index contributed by atoms with van der Waals surface area (Å²) in [6.07, 6.45) is 14.0. The van der Waals surface area contributed by atoms with Crippen molar-refractivity contribution in [1.82, 2.24) is 0 Å². The van der Waals surface area contributed by atoms with Crippen LogP contribution in [0.15, 0.2) is 42.5 Å². The normalized spacial score (nSPS) is 15.2. The van der Waals surface area contributed by atoms with Crippen LogP contribution in [0.1, 0.15) is 24.0 Å². The summed E-state index contributed by atoms with van der Waals surface area (Å²) < 4.78 is 0. The van der Waals surface area contributed by atoms with Crippen LogP contribution < -0.4 is 0 Å². The molecule has 0 saturated heterocycles. The van der Waals surface area contributed by atoms with Gasteiger partial charge in [-0.25, -0.2) is 12.2 Å². The molecule has 0 bridgehead atoms. The fourth-order valence-corrected chi connectivity index (χ4v) is 1.85. The topological polar surface area (TPSA) is 0 Å². The molecule has 0 N–H and O–H groups in total. The predicted octanol–water partition coefficient (Wildman–Crippen LogP) is 3.48. The molecule has 0 atom stereocenters. The van der Waals surface area contributed by atoms with E-state index in [9.17, 15) is 0 Å². The zero-order valence-electron chi connectivity index (χ0n) is 8.87. The number of hydrogen-bond acceptors (Lipinski definition) is 0. The standard InChI is InChI=1S/C9H10.C5H5.Zr/c1-2-5-9-7-3-6-8(9)4-1;1-2-4-5-3-1;/h1-2,4-5H,3,6-7H2;1-3H,4H2;/q;-1;. The third-order valence-corrected chi connectivity index (χ3v) is 2.60. The minimum Gasteiger partial charge on any atom is -0.273 e. The molecule has 15 heavy (non-hydrogen) atoms. The maximum atomic E-state index is 2.99. The Morgan fingerprint density at radius 1 is 1.00 bits per heavy atom. The van der Waals surface area contributed by atoms with Gasteiger partial charge in [0.05, 0.1) is 0 Å². The first-order chi connectivity index (χ1) is 6.97. The minimum absolute atomic E-state index is 0. The van der Waals surface area contributed by atoms with E-state index in [1.54, 1.807) is 11.1 Å². The van der Waals surface area contributed by atoms with Crippen LogP contribution in [0.4, 0.5) is 0 Å². The van der Waals surface area contributed by atoms with E-state index < -0.39 is 0 Å². The molecule has 0 fully saturated rings. The zero-order chi connectivity index (χ0) is 9.64. The van der Waals surface area contributed by atoms with Gasteiger partial charge in [-0.05, 0) is 30.4 Å². The van der Waals surface area contributed by atoms with Gasteiger partial charge in [0.25, 0.3) is 0 Å². The molecule has 1 heteroatoms. The number of allylic oxidation sites excluding steroid dienone is 4. The molecule has 0 unspecified atom stereocenters. The summed E-state index contributed by atoms with van der Waals surface area (Å²) >= 11 is 0. The van der Waals surface area contributed by atoms with Crippen molar-refractivity contribution in [3.05, 3.63) is 59.7 Å². The van der Waals surface area contributed by atoms with Gasteiger partial charge in [-0.3, -0.25) is 6.08 Å². The predicted molar refractivity (Wildman–Crippen MR) is 60.0 cm³/mol. The second-order valence-electron chi connectivity index (χ2n) is 3.63. The first kappa shape index (κ1) is 12.7. The Labute approximate surface area is 111 Å². The fourth-order valence-electron chi connectivity index (χ4n) is 1.85. The smallest absolute Gasteiger partial charge is 0 e. The summed E-state index contributed by atoms with van der Waals surface area (Å²) in [6.45, 7) is 0. The summed E-state index contributed by atoms with van der Waals surface area (Å²) in [7, 11) is 0. The van der Waals surface area contributed by atoms with Gasteiger partial charge in [-0.15, -0.1) is 6.42 Å². The van der Waals surface area contributed by atoms with Crippen LogP contribution in [-0.2, 0) is 39.0 Å². The number of rotatable bonds is 0. The Morgan fingerprint density at radius 3 is 2.07 bits per heavy atom. The fraction of sp³-hybridized carbons (Fsp3) is 0.286. The Hall–Kier alpha value is -0.417. The van der Waals surface area contributed by atoms with E-state index in [0.717, 1.165) is 6.42 Å². The van der Waals surface area contributed by atoms with Crippen molar-refractivity contribution in [2.24, 2.45) is 0 Å². The van der Waals surface area contributed by atoms with Crippen molar-refractivity contribution in [3.63, 3.8) is 0 Å².